The SMILES string of the molecule is O=C(CN1CCCC(CN2CCN(c3ccccn3)CC2)C1)NC(C1CC1)C1CC1. The molecule has 6 nitrogen and oxygen atoms in total. The number of anilines is 1. The van der Waals surface area contributed by atoms with Gasteiger partial charge in [0.05, 0.1) is 6.54 Å². The maximum atomic E-state index is 12.7. The van der Waals surface area contributed by atoms with Crippen LogP contribution in [0.25, 0.3) is 0 Å². The highest BCUT2D eigenvalue weighted by Crippen LogP contribution is 2.44. The average Bonchev–Trinajstić information content (AvgIpc) is 3.68. The number of nitrogens with one attached hydrogen (secondary N) is 1. The zero-order chi connectivity index (χ0) is 20.3. The minimum atomic E-state index is 0.267. The van der Waals surface area contributed by atoms with Crippen LogP contribution in [0.2, 0.25) is 0 Å². The topological polar surface area (TPSA) is 51.7 Å². The number of hydrogen-bond donors (Lipinski definition) is 1. The number of hydrogen-bond acceptors (Lipinski definition) is 5. The number of piperazine rings is 1. The van der Waals surface area contributed by atoms with Crippen molar-refractivity contribution in [3.63, 3.8) is 0 Å². The van der Waals surface area contributed by atoms with Crippen molar-refractivity contribution in [2.24, 2.45) is 17.8 Å². The van der Waals surface area contributed by atoms with E-state index in [0.717, 1.165) is 56.9 Å². The number of rotatable bonds is 8. The predicted octanol–water partition coefficient (Wildman–Crippen LogP) is 2.22. The molecule has 5 rings (SSSR count). The minimum Gasteiger partial charge on any atom is -0.354 e. The Morgan fingerprint density at radius 2 is 1.77 bits per heavy atom. The van der Waals surface area contributed by atoms with Crippen LogP contribution in [0.4, 0.5) is 5.82 Å². The highest BCUT2D eigenvalue weighted by Gasteiger charge is 2.42. The van der Waals surface area contributed by atoms with Crippen molar-refractivity contribution in [2.45, 2.75) is 44.6 Å². The molecule has 4 aliphatic rings. The first-order chi connectivity index (χ1) is 14.7. The van der Waals surface area contributed by atoms with Crippen LogP contribution in [0.3, 0.4) is 0 Å². The average molecular weight is 412 g/mol. The van der Waals surface area contributed by atoms with Crippen LogP contribution in [-0.2, 0) is 4.79 Å². The Balaban J connectivity index is 1.05. The molecule has 1 unspecified atom stereocenters. The molecule has 4 fully saturated rings. The van der Waals surface area contributed by atoms with Crippen molar-refractivity contribution < 1.29 is 4.79 Å². The molecule has 2 saturated carbocycles. The highest BCUT2D eigenvalue weighted by atomic mass is 16.2. The van der Waals surface area contributed by atoms with Gasteiger partial charge in [-0.25, -0.2) is 4.98 Å². The van der Waals surface area contributed by atoms with Gasteiger partial charge in [0.1, 0.15) is 5.82 Å². The number of piperidine rings is 1. The summed E-state index contributed by atoms with van der Waals surface area (Å²) in [7, 11) is 0. The van der Waals surface area contributed by atoms with Crippen LogP contribution in [-0.4, -0.2) is 79.1 Å². The summed E-state index contributed by atoms with van der Waals surface area (Å²) in [6.07, 6.45) is 9.68. The van der Waals surface area contributed by atoms with Gasteiger partial charge >= 0.3 is 0 Å². The second-order valence-corrected chi connectivity index (χ2v) is 9.99. The molecule has 1 aromatic rings. The lowest BCUT2D eigenvalue weighted by atomic mass is 9.97. The molecule has 0 aromatic carbocycles. The summed E-state index contributed by atoms with van der Waals surface area (Å²) >= 11 is 0. The quantitative estimate of drug-likeness (QED) is 0.711. The van der Waals surface area contributed by atoms with Crippen LogP contribution in [0.5, 0.6) is 0 Å². The number of amides is 1. The third-order valence-corrected chi connectivity index (χ3v) is 7.42. The minimum absolute atomic E-state index is 0.267. The van der Waals surface area contributed by atoms with Gasteiger partial charge in [0.25, 0.3) is 0 Å². The lowest BCUT2D eigenvalue weighted by Crippen LogP contribution is -2.51. The number of pyridine rings is 1. The molecule has 1 aromatic heterocycles. The molecule has 2 saturated heterocycles. The van der Waals surface area contributed by atoms with E-state index >= 15 is 0 Å². The van der Waals surface area contributed by atoms with Gasteiger partial charge in [-0.1, -0.05) is 6.07 Å². The standard InChI is InChI=1S/C24H37N5O/c30-23(26-24(20-6-7-20)21-8-9-21)18-28-11-3-4-19(17-28)16-27-12-14-29(15-13-27)22-5-1-2-10-25-22/h1-2,5,10,19-21,24H,3-4,6-9,11-18H2,(H,26,30). The first-order valence-corrected chi connectivity index (χ1v) is 12.1. The van der Waals surface area contributed by atoms with Gasteiger partial charge in [-0.2, -0.15) is 0 Å². The number of aromatic nitrogens is 1. The summed E-state index contributed by atoms with van der Waals surface area (Å²) in [4.78, 5) is 24.6. The molecule has 1 N–H and O–H groups in total. The molecule has 164 valence electrons. The van der Waals surface area contributed by atoms with Gasteiger partial charge in [-0.3, -0.25) is 14.6 Å². The monoisotopic (exact) mass is 411 g/mol. The molecule has 2 aliphatic heterocycles. The van der Waals surface area contributed by atoms with Crippen LogP contribution in [0.1, 0.15) is 38.5 Å². The predicted molar refractivity (Wildman–Crippen MR) is 119 cm³/mol. The van der Waals surface area contributed by atoms with E-state index < -0.39 is 0 Å². The van der Waals surface area contributed by atoms with E-state index in [2.05, 4.69) is 37.1 Å². The van der Waals surface area contributed by atoms with Crippen molar-refractivity contribution in [1.82, 2.24) is 20.1 Å². The summed E-state index contributed by atoms with van der Waals surface area (Å²) in [6, 6.07) is 6.64. The molecule has 3 heterocycles. The largest absolute Gasteiger partial charge is 0.354 e. The molecule has 1 amide bonds. The molecule has 0 bridgehead atoms. The van der Waals surface area contributed by atoms with E-state index in [4.69, 9.17) is 0 Å². The van der Waals surface area contributed by atoms with Gasteiger partial charge in [0.15, 0.2) is 0 Å². The molecule has 6 heteroatoms. The molecule has 30 heavy (non-hydrogen) atoms. The van der Waals surface area contributed by atoms with Crippen LogP contribution in [0, 0.1) is 17.8 Å². The Labute approximate surface area is 181 Å². The Hall–Kier alpha value is -1.66. The van der Waals surface area contributed by atoms with Gasteiger partial charge in [0, 0.05) is 51.5 Å². The molecular formula is C24H37N5O. The van der Waals surface area contributed by atoms with Crippen molar-refractivity contribution in [2.75, 3.05) is 57.3 Å². The fraction of sp³-hybridized carbons (Fsp3) is 0.750. The van der Waals surface area contributed by atoms with E-state index in [0.29, 0.717) is 18.5 Å². The van der Waals surface area contributed by atoms with Gasteiger partial charge in [-0.05, 0) is 75.0 Å². The fourth-order valence-corrected chi connectivity index (χ4v) is 5.48. The second-order valence-electron chi connectivity index (χ2n) is 9.99. The van der Waals surface area contributed by atoms with E-state index in [-0.39, 0.29) is 5.91 Å². The summed E-state index contributed by atoms with van der Waals surface area (Å²) in [5, 5.41) is 3.40. The zero-order valence-electron chi connectivity index (χ0n) is 18.2. The summed E-state index contributed by atoms with van der Waals surface area (Å²) in [5.41, 5.74) is 0. The smallest absolute Gasteiger partial charge is 0.234 e. The summed E-state index contributed by atoms with van der Waals surface area (Å²) in [6.45, 7) is 8.25. The number of carbonyl (C=O) groups is 1. The van der Waals surface area contributed by atoms with Gasteiger partial charge in [0.2, 0.25) is 5.91 Å². The van der Waals surface area contributed by atoms with Crippen LogP contribution < -0.4 is 10.2 Å². The van der Waals surface area contributed by atoms with Gasteiger partial charge in [-0.15, -0.1) is 0 Å². The molecule has 0 radical (unpaired) electrons. The van der Waals surface area contributed by atoms with Crippen molar-refractivity contribution in [1.29, 1.82) is 0 Å². The van der Waals surface area contributed by atoms with Crippen LogP contribution in [0.15, 0.2) is 24.4 Å². The first-order valence-electron chi connectivity index (χ1n) is 12.1. The zero-order valence-corrected chi connectivity index (χ0v) is 18.2. The van der Waals surface area contributed by atoms with E-state index in [9.17, 15) is 4.79 Å². The van der Waals surface area contributed by atoms with Gasteiger partial charge < -0.3 is 10.2 Å². The highest BCUT2D eigenvalue weighted by molar-refractivity contribution is 5.78. The number of carbonyl (C=O) groups excluding carboxylic acids is 1. The summed E-state index contributed by atoms with van der Waals surface area (Å²) in [5.74, 6) is 3.61. The van der Waals surface area contributed by atoms with E-state index in [1.165, 1.54) is 45.1 Å². The fourth-order valence-electron chi connectivity index (χ4n) is 5.48. The third-order valence-electron chi connectivity index (χ3n) is 7.42. The Morgan fingerprint density at radius 1 is 1.00 bits per heavy atom. The molecule has 1 atom stereocenters. The molecular weight excluding hydrogens is 374 g/mol. The lowest BCUT2D eigenvalue weighted by Gasteiger charge is -2.39. The third kappa shape index (κ3) is 5.33. The van der Waals surface area contributed by atoms with E-state index in [1.54, 1.807) is 0 Å². The maximum Gasteiger partial charge on any atom is 0.234 e. The normalized spacial score (nSPS) is 26.2. The maximum absolute atomic E-state index is 12.7. The van der Waals surface area contributed by atoms with Crippen molar-refractivity contribution >= 4 is 11.7 Å². The number of nitrogens with zero attached hydrogens (tertiary/aromatic N) is 4. The van der Waals surface area contributed by atoms with Crippen LogP contribution >= 0.6 is 0 Å². The Bertz CT molecular complexity index is 685. The summed E-state index contributed by atoms with van der Waals surface area (Å²) < 4.78 is 0. The Kier molecular flexibility index (Phi) is 6.23. The van der Waals surface area contributed by atoms with E-state index in [1.807, 2.05) is 12.3 Å². The second kappa shape index (κ2) is 9.23. The van der Waals surface area contributed by atoms with Crippen molar-refractivity contribution in [3.05, 3.63) is 24.4 Å². The Morgan fingerprint density at radius 3 is 2.43 bits per heavy atom. The lowest BCUT2D eigenvalue weighted by molar-refractivity contribution is -0.123. The molecule has 0 spiro atoms. The first kappa shape index (κ1) is 20.3. The number of likely N-dealkylation sites (tertiary alicyclic amines) is 1. The van der Waals surface area contributed by atoms with Crippen molar-refractivity contribution in [3.8, 4) is 0 Å². The molecule has 2 aliphatic carbocycles.